The summed E-state index contributed by atoms with van der Waals surface area (Å²) in [6.07, 6.45) is 2.62. The Morgan fingerprint density at radius 2 is 2.04 bits per heavy atom. The molecule has 2 N–H and O–H groups in total. The molecule has 1 atom stereocenters. The SMILES string of the molecule is CC(=O)c1c[nH]c(C(=O)NCC(C)N2CCc3ccccc3C2)c1. The predicted molar refractivity (Wildman–Crippen MR) is 93.1 cm³/mol. The van der Waals surface area contributed by atoms with Crippen LogP contribution < -0.4 is 5.32 Å². The van der Waals surface area contributed by atoms with E-state index >= 15 is 0 Å². The number of hydrogen-bond donors (Lipinski definition) is 2. The number of ketones is 1. The molecular weight excluding hydrogens is 302 g/mol. The Morgan fingerprint density at radius 3 is 2.75 bits per heavy atom. The Labute approximate surface area is 142 Å². The Hall–Kier alpha value is -2.40. The molecule has 0 saturated carbocycles. The van der Waals surface area contributed by atoms with Crippen LogP contribution in [0.3, 0.4) is 0 Å². The summed E-state index contributed by atoms with van der Waals surface area (Å²) < 4.78 is 0. The van der Waals surface area contributed by atoms with Crippen LogP contribution in [0.4, 0.5) is 0 Å². The maximum absolute atomic E-state index is 12.2. The zero-order chi connectivity index (χ0) is 17.1. The Bertz CT molecular complexity index is 751. The number of aromatic amines is 1. The number of carbonyl (C=O) groups excluding carboxylic acids is 2. The number of nitrogens with zero attached hydrogens (tertiary/aromatic N) is 1. The largest absolute Gasteiger partial charge is 0.356 e. The van der Waals surface area contributed by atoms with Crippen molar-refractivity contribution in [2.24, 2.45) is 0 Å². The van der Waals surface area contributed by atoms with Gasteiger partial charge in [0.1, 0.15) is 5.69 Å². The summed E-state index contributed by atoms with van der Waals surface area (Å²) in [7, 11) is 0. The molecule has 1 amide bonds. The van der Waals surface area contributed by atoms with Crippen LogP contribution in [0.5, 0.6) is 0 Å². The first-order valence-electron chi connectivity index (χ1n) is 8.33. The van der Waals surface area contributed by atoms with Gasteiger partial charge in [-0.05, 0) is 37.5 Å². The molecule has 0 bridgehead atoms. The molecule has 5 nitrogen and oxygen atoms in total. The zero-order valence-corrected chi connectivity index (χ0v) is 14.1. The topological polar surface area (TPSA) is 65.2 Å². The molecule has 1 aromatic heterocycles. The quantitative estimate of drug-likeness (QED) is 0.830. The lowest BCUT2D eigenvalue weighted by molar-refractivity contribution is 0.0928. The first kappa shape index (κ1) is 16.5. The van der Waals surface area contributed by atoms with E-state index in [4.69, 9.17) is 0 Å². The first-order chi connectivity index (χ1) is 11.5. The summed E-state index contributed by atoms with van der Waals surface area (Å²) in [5.74, 6) is -0.225. The minimum atomic E-state index is -0.174. The van der Waals surface area contributed by atoms with Crippen molar-refractivity contribution in [2.45, 2.75) is 32.9 Å². The number of hydrogen-bond acceptors (Lipinski definition) is 3. The lowest BCUT2D eigenvalue weighted by atomic mass is 9.99. The Balaban J connectivity index is 1.54. The van der Waals surface area contributed by atoms with Gasteiger partial charge >= 0.3 is 0 Å². The molecule has 5 heteroatoms. The molecule has 1 aliphatic rings. The van der Waals surface area contributed by atoms with E-state index in [1.54, 1.807) is 12.3 Å². The van der Waals surface area contributed by atoms with Gasteiger partial charge in [-0.1, -0.05) is 24.3 Å². The summed E-state index contributed by atoms with van der Waals surface area (Å²) in [6, 6.07) is 10.4. The van der Waals surface area contributed by atoms with Gasteiger partial charge in [0.15, 0.2) is 5.78 Å². The summed E-state index contributed by atoms with van der Waals surface area (Å²) in [4.78, 5) is 28.7. The molecule has 2 heterocycles. The van der Waals surface area contributed by atoms with Crippen LogP contribution in [0.2, 0.25) is 0 Å². The number of rotatable bonds is 5. The summed E-state index contributed by atoms with van der Waals surface area (Å²) in [5.41, 5.74) is 3.75. The van der Waals surface area contributed by atoms with E-state index in [0.29, 0.717) is 17.8 Å². The zero-order valence-electron chi connectivity index (χ0n) is 14.1. The highest BCUT2D eigenvalue weighted by Crippen LogP contribution is 2.20. The number of amides is 1. The van der Waals surface area contributed by atoms with Crippen LogP contribution in [-0.4, -0.2) is 40.7 Å². The third-order valence-corrected chi connectivity index (χ3v) is 4.68. The van der Waals surface area contributed by atoms with E-state index in [9.17, 15) is 9.59 Å². The van der Waals surface area contributed by atoms with Crippen LogP contribution >= 0.6 is 0 Å². The number of carbonyl (C=O) groups is 2. The summed E-state index contributed by atoms with van der Waals surface area (Å²) >= 11 is 0. The standard InChI is InChI=1S/C19H23N3O2/c1-13(22-8-7-15-5-3-4-6-16(15)12-22)10-21-19(24)18-9-17(11-20-18)14(2)23/h3-6,9,11,13,20H,7-8,10,12H2,1-2H3,(H,21,24). The average molecular weight is 325 g/mol. The maximum Gasteiger partial charge on any atom is 0.267 e. The molecule has 2 aromatic rings. The van der Waals surface area contributed by atoms with Crippen LogP contribution in [0, 0.1) is 0 Å². The van der Waals surface area contributed by atoms with Crippen molar-refractivity contribution < 1.29 is 9.59 Å². The molecule has 0 aliphatic carbocycles. The van der Waals surface area contributed by atoms with E-state index in [1.807, 2.05) is 0 Å². The highest BCUT2D eigenvalue weighted by molar-refractivity contribution is 5.99. The van der Waals surface area contributed by atoms with Crippen molar-refractivity contribution in [3.63, 3.8) is 0 Å². The number of nitrogens with one attached hydrogen (secondary N) is 2. The van der Waals surface area contributed by atoms with Crippen molar-refractivity contribution in [1.29, 1.82) is 0 Å². The fraction of sp³-hybridized carbons (Fsp3) is 0.368. The lowest BCUT2D eigenvalue weighted by Gasteiger charge is -2.33. The highest BCUT2D eigenvalue weighted by Gasteiger charge is 2.21. The monoisotopic (exact) mass is 325 g/mol. The third kappa shape index (κ3) is 3.57. The molecular formula is C19H23N3O2. The van der Waals surface area contributed by atoms with Gasteiger partial charge in [0.25, 0.3) is 5.91 Å². The second-order valence-electron chi connectivity index (χ2n) is 6.41. The maximum atomic E-state index is 12.2. The van der Waals surface area contributed by atoms with E-state index in [2.05, 4.69) is 46.4 Å². The van der Waals surface area contributed by atoms with E-state index in [0.717, 1.165) is 19.5 Å². The molecule has 0 saturated heterocycles. The van der Waals surface area contributed by atoms with Crippen LogP contribution in [-0.2, 0) is 13.0 Å². The number of fused-ring (bicyclic) bond motifs is 1. The van der Waals surface area contributed by atoms with Crippen molar-refractivity contribution >= 4 is 11.7 Å². The molecule has 1 unspecified atom stereocenters. The molecule has 3 rings (SSSR count). The van der Waals surface area contributed by atoms with Crippen molar-refractivity contribution in [3.8, 4) is 0 Å². The van der Waals surface area contributed by atoms with Crippen molar-refractivity contribution in [3.05, 3.63) is 58.9 Å². The van der Waals surface area contributed by atoms with Crippen LogP contribution in [0.1, 0.15) is 45.8 Å². The van der Waals surface area contributed by atoms with Crippen molar-refractivity contribution in [1.82, 2.24) is 15.2 Å². The number of benzene rings is 1. The Kier molecular flexibility index (Phi) is 4.81. The minimum Gasteiger partial charge on any atom is -0.356 e. The van der Waals surface area contributed by atoms with Crippen LogP contribution in [0.15, 0.2) is 36.5 Å². The highest BCUT2D eigenvalue weighted by atomic mass is 16.2. The second-order valence-corrected chi connectivity index (χ2v) is 6.41. The lowest BCUT2D eigenvalue weighted by Crippen LogP contribution is -2.44. The van der Waals surface area contributed by atoms with Crippen molar-refractivity contribution in [2.75, 3.05) is 13.1 Å². The van der Waals surface area contributed by atoms with Gasteiger partial charge in [-0.3, -0.25) is 14.5 Å². The smallest absolute Gasteiger partial charge is 0.267 e. The molecule has 24 heavy (non-hydrogen) atoms. The molecule has 0 spiro atoms. The normalized spacial score (nSPS) is 15.6. The number of aromatic nitrogens is 1. The van der Waals surface area contributed by atoms with Gasteiger partial charge in [-0.2, -0.15) is 0 Å². The molecule has 0 fully saturated rings. The predicted octanol–water partition coefficient (Wildman–Crippen LogP) is 2.39. The van der Waals surface area contributed by atoms with Gasteiger partial charge in [-0.15, -0.1) is 0 Å². The van der Waals surface area contributed by atoms with E-state index < -0.39 is 0 Å². The molecule has 1 aliphatic heterocycles. The van der Waals surface area contributed by atoms with Gasteiger partial charge < -0.3 is 10.3 Å². The molecule has 0 radical (unpaired) electrons. The first-order valence-corrected chi connectivity index (χ1v) is 8.33. The fourth-order valence-corrected chi connectivity index (χ4v) is 3.09. The fourth-order valence-electron chi connectivity index (χ4n) is 3.09. The molecule has 1 aromatic carbocycles. The van der Waals surface area contributed by atoms with Gasteiger partial charge in [-0.25, -0.2) is 0 Å². The number of Topliss-reactive ketones (excluding diaryl/α,β-unsaturated/α-hetero) is 1. The second kappa shape index (κ2) is 7.01. The van der Waals surface area contributed by atoms with Gasteiger partial charge in [0, 0.05) is 37.4 Å². The minimum absolute atomic E-state index is 0.0503. The summed E-state index contributed by atoms with van der Waals surface area (Å²) in [5, 5.41) is 2.95. The van der Waals surface area contributed by atoms with E-state index in [-0.39, 0.29) is 17.7 Å². The molecule has 126 valence electrons. The van der Waals surface area contributed by atoms with Gasteiger partial charge in [0.05, 0.1) is 0 Å². The average Bonchev–Trinajstić information content (AvgIpc) is 3.09. The van der Waals surface area contributed by atoms with Crippen LogP contribution in [0.25, 0.3) is 0 Å². The Morgan fingerprint density at radius 1 is 1.29 bits per heavy atom. The third-order valence-electron chi connectivity index (χ3n) is 4.68. The van der Waals surface area contributed by atoms with Gasteiger partial charge in [0.2, 0.25) is 0 Å². The van der Waals surface area contributed by atoms with E-state index in [1.165, 1.54) is 18.1 Å². The summed E-state index contributed by atoms with van der Waals surface area (Å²) in [6.45, 7) is 6.12. The number of H-pyrrole nitrogens is 1.